The van der Waals surface area contributed by atoms with Crippen LogP contribution in [0.25, 0.3) is 0 Å². The molecule has 0 aromatic rings. The van der Waals surface area contributed by atoms with Gasteiger partial charge in [-0.3, -0.25) is 0 Å². The Morgan fingerprint density at radius 3 is 2.33 bits per heavy atom. The molecule has 1 aliphatic carbocycles. The molecule has 3 atom stereocenters. The van der Waals surface area contributed by atoms with Gasteiger partial charge in [-0.25, -0.2) is 0 Å². The van der Waals surface area contributed by atoms with Gasteiger partial charge in [0.05, 0.1) is 0 Å². The summed E-state index contributed by atoms with van der Waals surface area (Å²) < 4.78 is 0. The van der Waals surface area contributed by atoms with Crippen molar-refractivity contribution in [3.63, 3.8) is 0 Å². The molecule has 1 saturated carbocycles. The normalized spacial score (nSPS) is 34.4. The number of rotatable bonds is 3. The second kappa shape index (κ2) is 3.06. The Kier molecular flexibility index (Phi) is 2.58. The fourth-order valence-corrected chi connectivity index (χ4v) is 2.70. The van der Waals surface area contributed by atoms with E-state index in [9.17, 15) is 0 Å². The average molecular weight is 187 g/mol. The van der Waals surface area contributed by atoms with Gasteiger partial charge in [0.2, 0.25) is 0 Å². The summed E-state index contributed by atoms with van der Waals surface area (Å²) in [5, 5.41) is 0.304. The van der Waals surface area contributed by atoms with Gasteiger partial charge in [0, 0.05) is 5.38 Å². The summed E-state index contributed by atoms with van der Waals surface area (Å²) in [6, 6.07) is 0. The smallest absolute Gasteiger partial charge is 0.0310 e. The third-order valence-corrected chi connectivity index (χ3v) is 3.34. The lowest BCUT2D eigenvalue weighted by Crippen LogP contribution is -1.97. The third-order valence-electron chi connectivity index (χ3n) is 3.16. The van der Waals surface area contributed by atoms with Crippen LogP contribution in [0.3, 0.4) is 0 Å². The Morgan fingerprint density at radius 2 is 2.08 bits per heavy atom. The van der Waals surface area contributed by atoms with Gasteiger partial charge in [0.25, 0.3) is 0 Å². The van der Waals surface area contributed by atoms with E-state index in [1.54, 1.807) is 0 Å². The van der Waals surface area contributed by atoms with Crippen LogP contribution in [0.15, 0.2) is 12.2 Å². The first kappa shape index (κ1) is 10.1. The lowest BCUT2D eigenvalue weighted by molar-refractivity contribution is 0.525. The molecular weight excluding hydrogens is 168 g/mol. The minimum atomic E-state index is 0.304. The van der Waals surface area contributed by atoms with Crippen LogP contribution in [-0.2, 0) is 0 Å². The topological polar surface area (TPSA) is 0 Å². The molecule has 70 valence electrons. The maximum atomic E-state index is 5.98. The minimum absolute atomic E-state index is 0.304. The maximum absolute atomic E-state index is 5.98. The van der Waals surface area contributed by atoms with Crippen LogP contribution in [0, 0.1) is 17.3 Å². The number of halogens is 1. The van der Waals surface area contributed by atoms with Gasteiger partial charge in [-0.1, -0.05) is 26.0 Å². The highest BCUT2D eigenvalue weighted by molar-refractivity contribution is 6.20. The number of allylic oxidation sites excluding steroid dienone is 1. The molecular formula is C11H19Cl. The lowest BCUT2D eigenvalue weighted by Gasteiger charge is -2.03. The zero-order valence-electron chi connectivity index (χ0n) is 8.52. The summed E-state index contributed by atoms with van der Waals surface area (Å²) in [5.74, 6) is 1.47. The molecule has 1 fully saturated rings. The monoisotopic (exact) mass is 186 g/mol. The van der Waals surface area contributed by atoms with Crippen molar-refractivity contribution in [3.8, 4) is 0 Å². The van der Waals surface area contributed by atoms with Crippen LogP contribution in [-0.4, -0.2) is 5.38 Å². The van der Waals surface area contributed by atoms with E-state index in [0.29, 0.717) is 16.7 Å². The predicted octanol–water partition coefficient (Wildman–Crippen LogP) is 3.85. The standard InChI is InChI=1S/C11H19Cl/c1-7(2)10-9(6-8(3)12)11(10,4)5/h8-10H,1,6H2,2-5H3. The van der Waals surface area contributed by atoms with Crippen molar-refractivity contribution in [2.45, 2.75) is 39.5 Å². The highest BCUT2D eigenvalue weighted by Gasteiger charge is 2.57. The second-order valence-electron chi connectivity index (χ2n) is 4.77. The Labute approximate surface area is 81.0 Å². The van der Waals surface area contributed by atoms with Crippen LogP contribution in [0.5, 0.6) is 0 Å². The first-order valence-corrected chi connectivity index (χ1v) is 5.10. The van der Waals surface area contributed by atoms with Crippen molar-refractivity contribution in [1.29, 1.82) is 0 Å². The Morgan fingerprint density at radius 1 is 1.58 bits per heavy atom. The van der Waals surface area contributed by atoms with E-state index in [4.69, 9.17) is 11.6 Å². The van der Waals surface area contributed by atoms with Crippen LogP contribution in [0.2, 0.25) is 0 Å². The van der Waals surface area contributed by atoms with Crippen LogP contribution in [0.1, 0.15) is 34.1 Å². The van der Waals surface area contributed by atoms with Gasteiger partial charge in [0.15, 0.2) is 0 Å². The fourth-order valence-electron chi connectivity index (χ4n) is 2.51. The van der Waals surface area contributed by atoms with Crippen molar-refractivity contribution >= 4 is 11.6 Å². The van der Waals surface area contributed by atoms with Gasteiger partial charge < -0.3 is 0 Å². The molecule has 0 nitrogen and oxygen atoms in total. The molecule has 3 unspecified atom stereocenters. The summed E-state index contributed by atoms with van der Waals surface area (Å²) in [4.78, 5) is 0. The summed E-state index contributed by atoms with van der Waals surface area (Å²) >= 11 is 5.98. The quantitative estimate of drug-likeness (QED) is 0.464. The SMILES string of the molecule is C=C(C)C1C(CC(C)Cl)C1(C)C. The van der Waals surface area contributed by atoms with Crippen molar-refractivity contribution in [1.82, 2.24) is 0 Å². The summed E-state index contributed by atoms with van der Waals surface area (Å²) in [5.41, 5.74) is 1.77. The van der Waals surface area contributed by atoms with Gasteiger partial charge >= 0.3 is 0 Å². The van der Waals surface area contributed by atoms with Crippen molar-refractivity contribution in [3.05, 3.63) is 12.2 Å². The molecule has 0 spiro atoms. The molecule has 0 radical (unpaired) electrons. The van der Waals surface area contributed by atoms with Gasteiger partial charge in [-0.15, -0.1) is 11.6 Å². The molecule has 1 heteroatoms. The Hall–Kier alpha value is 0.0300. The Balaban J connectivity index is 2.54. The molecule has 1 rings (SSSR count). The first-order chi connectivity index (χ1) is 5.37. The highest BCUT2D eigenvalue weighted by Crippen LogP contribution is 2.63. The second-order valence-corrected chi connectivity index (χ2v) is 5.51. The molecule has 1 aliphatic rings. The highest BCUT2D eigenvalue weighted by atomic mass is 35.5. The maximum Gasteiger partial charge on any atom is 0.0310 e. The molecule has 0 aromatic carbocycles. The molecule has 12 heavy (non-hydrogen) atoms. The molecule has 0 N–H and O–H groups in total. The van der Waals surface area contributed by atoms with E-state index in [-0.39, 0.29) is 0 Å². The van der Waals surface area contributed by atoms with Crippen molar-refractivity contribution in [2.24, 2.45) is 17.3 Å². The molecule has 0 bridgehead atoms. The average Bonchev–Trinajstić information content (AvgIpc) is 2.32. The predicted molar refractivity (Wildman–Crippen MR) is 55.5 cm³/mol. The van der Waals surface area contributed by atoms with E-state index in [1.165, 1.54) is 5.57 Å². The number of hydrogen-bond acceptors (Lipinski definition) is 0. The van der Waals surface area contributed by atoms with Gasteiger partial charge in [-0.05, 0) is 37.5 Å². The molecule has 0 amide bonds. The minimum Gasteiger partial charge on any atom is -0.123 e. The fraction of sp³-hybridized carbons (Fsp3) is 0.818. The molecule has 0 heterocycles. The van der Waals surface area contributed by atoms with E-state index in [1.807, 2.05) is 0 Å². The van der Waals surface area contributed by atoms with E-state index in [2.05, 4.69) is 34.3 Å². The van der Waals surface area contributed by atoms with Crippen molar-refractivity contribution < 1.29 is 0 Å². The van der Waals surface area contributed by atoms with E-state index in [0.717, 1.165) is 12.3 Å². The molecule has 0 aromatic heterocycles. The van der Waals surface area contributed by atoms with Crippen LogP contribution >= 0.6 is 11.6 Å². The Bertz CT molecular complexity index is 191. The van der Waals surface area contributed by atoms with Crippen LogP contribution < -0.4 is 0 Å². The van der Waals surface area contributed by atoms with Crippen molar-refractivity contribution in [2.75, 3.05) is 0 Å². The number of alkyl halides is 1. The zero-order chi connectivity index (χ0) is 9.52. The van der Waals surface area contributed by atoms with E-state index >= 15 is 0 Å². The first-order valence-electron chi connectivity index (χ1n) is 4.66. The zero-order valence-corrected chi connectivity index (χ0v) is 9.28. The van der Waals surface area contributed by atoms with Gasteiger partial charge in [0.1, 0.15) is 0 Å². The van der Waals surface area contributed by atoms with E-state index < -0.39 is 0 Å². The summed E-state index contributed by atoms with van der Waals surface area (Å²) in [6.07, 6.45) is 1.13. The largest absolute Gasteiger partial charge is 0.123 e. The molecule has 0 aliphatic heterocycles. The summed E-state index contributed by atoms with van der Waals surface area (Å²) in [6.45, 7) is 12.9. The molecule has 0 saturated heterocycles. The third kappa shape index (κ3) is 1.69. The van der Waals surface area contributed by atoms with Crippen LogP contribution in [0.4, 0.5) is 0 Å². The lowest BCUT2D eigenvalue weighted by atomic mass is 10.1. The number of hydrogen-bond donors (Lipinski definition) is 0. The summed E-state index contributed by atoms with van der Waals surface area (Å²) in [7, 11) is 0. The van der Waals surface area contributed by atoms with Gasteiger partial charge in [-0.2, -0.15) is 0 Å².